The van der Waals surface area contributed by atoms with Crippen molar-refractivity contribution in [3.63, 3.8) is 0 Å². The van der Waals surface area contributed by atoms with E-state index in [4.69, 9.17) is 28.6 Å². The number of halogens is 2. The zero-order valence-corrected chi connectivity index (χ0v) is 16.2. The molecule has 0 aliphatic carbocycles. The van der Waals surface area contributed by atoms with E-state index in [2.05, 4.69) is 21.2 Å². The highest BCUT2D eigenvalue weighted by atomic mass is 79.9. The first-order valence-electron chi connectivity index (χ1n) is 6.93. The van der Waals surface area contributed by atoms with Crippen LogP contribution in [0.15, 0.2) is 51.8 Å². The van der Waals surface area contributed by atoms with Gasteiger partial charge in [0.2, 0.25) is 0 Å². The molecule has 1 fully saturated rings. The lowest BCUT2D eigenvalue weighted by atomic mass is 10.2. The zero-order chi connectivity index (χ0) is 17.1. The smallest absolute Gasteiger partial charge is 0.263 e. The first kappa shape index (κ1) is 17.5. The Bertz CT molecular complexity index is 837. The summed E-state index contributed by atoms with van der Waals surface area (Å²) in [5, 5.41) is 3.29. The van der Waals surface area contributed by atoms with Crippen LogP contribution < -0.4 is 10.1 Å². The third-order valence-electron chi connectivity index (χ3n) is 3.21. The van der Waals surface area contributed by atoms with Crippen LogP contribution >= 0.6 is 51.5 Å². The van der Waals surface area contributed by atoms with Crippen molar-refractivity contribution >= 4 is 67.8 Å². The number of carbonyl (C=O) groups is 1. The Labute approximate surface area is 162 Å². The highest BCUT2D eigenvalue weighted by molar-refractivity contribution is 9.10. The van der Waals surface area contributed by atoms with Gasteiger partial charge in [0, 0.05) is 15.1 Å². The Kier molecular flexibility index (Phi) is 5.61. The van der Waals surface area contributed by atoms with Gasteiger partial charge in [-0.3, -0.25) is 4.79 Å². The molecule has 24 heavy (non-hydrogen) atoms. The molecule has 0 saturated carbocycles. The number of amides is 1. The van der Waals surface area contributed by atoms with Gasteiger partial charge in [-0.25, -0.2) is 0 Å². The Morgan fingerprint density at radius 3 is 2.67 bits per heavy atom. The standard InChI is InChI=1S/C17H11BrClNO2S2/c18-12-3-6-14(22-9-10-1-4-13(19)5-2-10)11(7-12)8-15-16(21)20-17(23)24-15/h1-8H,9H2,(H,20,21,23)/b15-8+. The molecular weight excluding hydrogens is 430 g/mol. The van der Waals surface area contributed by atoms with Gasteiger partial charge < -0.3 is 10.1 Å². The van der Waals surface area contributed by atoms with E-state index in [1.165, 1.54) is 11.8 Å². The molecule has 0 bridgehead atoms. The fourth-order valence-electron chi connectivity index (χ4n) is 2.07. The summed E-state index contributed by atoms with van der Waals surface area (Å²) >= 11 is 15.6. The lowest BCUT2D eigenvalue weighted by Crippen LogP contribution is -2.17. The first-order chi connectivity index (χ1) is 11.5. The van der Waals surface area contributed by atoms with E-state index in [1.807, 2.05) is 42.5 Å². The van der Waals surface area contributed by atoms with Crippen molar-refractivity contribution in [3.05, 3.63) is 68.0 Å². The maximum Gasteiger partial charge on any atom is 0.263 e. The molecule has 1 N–H and O–H groups in total. The molecule has 2 aromatic rings. The topological polar surface area (TPSA) is 38.3 Å². The summed E-state index contributed by atoms with van der Waals surface area (Å²) in [6.07, 6.45) is 1.78. The number of carbonyl (C=O) groups excluding carboxylic acids is 1. The molecule has 0 atom stereocenters. The summed E-state index contributed by atoms with van der Waals surface area (Å²) in [7, 11) is 0. The molecule has 7 heteroatoms. The van der Waals surface area contributed by atoms with Crippen molar-refractivity contribution in [2.75, 3.05) is 0 Å². The average Bonchev–Trinajstić information content (AvgIpc) is 2.86. The van der Waals surface area contributed by atoms with E-state index in [9.17, 15) is 4.79 Å². The van der Waals surface area contributed by atoms with Crippen molar-refractivity contribution in [1.82, 2.24) is 5.32 Å². The van der Waals surface area contributed by atoms with Gasteiger partial charge in [0.25, 0.3) is 5.91 Å². The minimum Gasteiger partial charge on any atom is -0.488 e. The second-order valence-electron chi connectivity index (χ2n) is 4.95. The van der Waals surface area contributed by atoms with E-state index in [1.54, 1.807) is 6.08 Å². The third kappa shape index (κ3) is 4.39. The van der Waals surface area contributed by atoms with Gasteiger partial charge in [0.15, 0.2) is 0 Å². The fourth-order valence-corrected chi connectivity index (χ4v) is 3.61. The molecule has 1 heterocycles. The summed E-state index contributed by atoms with van der Waals surface area (Å²) < 4.78 is 7.27. The second kappa shape index (κ2) is 7.70. The number of ether oxygens (including phenoxy) is 1. The minimum atomic E-state index is -0.186. The predicted molar refractivity (Wildman–Crippen MR) is 106 cm³/mol. The van der Waals surface area contributed by atoms with Crippen LogP contribution in [0.25, 0.3) is 6.08 Å². The van der Waals surface area contributed by atoms with Gasteiger partial charge in [0.05, 0.1) is 4.91 Å². The number of benzene rings is 2. The molecule has 0 radical (unpaired) electrons. The van der Waals surface area contributed by atoms with Crippen LogP contribution in [0.5, 0.6) is 5.75 Å². The Balaban J connectivity index is 1.83. The maximum atomic E-state index is 11.8. The Morgan fingerprint density at radius 1 is 1.25 bits per heavy atom. The molecular formula is C17H11BrClNO2S2. The number of rotatable bonds is 4. The molecule has 122 valence electrons. The summed E-state index contributed by atoms with van der Waals surface area (Å²) in [5.74, 6) is 0.500. The lowest BCUT2D eigenvalue weighted by Gasteiger charge is -2.10. The predicted octanol–water partition coefficient (Wildman–Crippen LogP) is 5.17. The normalized spacial score (nSPS) is 15.7. The lowest BCUT2D eigenvalue weighted by molar-refractivity contribution is -0.115. The van der Waals surface area contributed by atoms with Gasteiger partial charge in [0.1, 0.15) is 16.7 Å². The summed E-state index contributed by atoms with van der Waals surface area (Å²) in [4.78, 5) is 12.4. The molecule has 1 aliphatic heterocycles. The Hall–Kier alpha value is -1.34. The number of hydrogen-bond donors (Lipinski definition) is 1. The largest absolute Gasteiger partial charge is 0.488 e. The van der Waals surface area contributed by atoms with Crippen LogP contribution in [-0.2, 0) is 11.4 Å². The van der Waals surface area contributed by atoms with E-state index >= 15 is 0 Å². The quantitative estimate of drug-likeness (QED) is 0.526. The highest BCUT2D eigenvalue weighted by Crippen LogP contribution is 2.31. The van der Waals surface area contributed by atoms with Crippen LogP contribution in [0.1, 0.15) is 11.1 Å². The second-order valence-corrected chi connectivity index (χ2v) is 8.02. The van der Waals surface area contributed by atoms with Crippen LogP contribution in [0.2, 0.25) is 5.02 Å². The average molecular weight is 441 g/mol. The van der Waals surface area contributed by atoms with Gasteiger partial charge in [-0.05, 0) is 42.0 Å². The monoisotopic (exact) mass is 439 g/mol. The zero-order valence-electron chi connectivity index (χ0n) is 12.2. The number of nitrogens with one attached hydrogen (secondary N) is 1. The Morgan fingerprint density at radius 2 is 2.00 bits per heavy atom. The number of hydrogen-bond acceptors (Lipinski definition) is 4. The molecule has 1 amide bonds. The molecule has 0 aromatic heterocycles. The fraction of sp³-hybridized carbons (Fsp3) is 0.0588. The van der Waals surface area contributed by atoms with Crippen LogP contribution in [0.3, 0.4) is 0 Å². The van der Waals surface area contributed by atoms with E-state index in [0.717, 1.165) is 15.6 Å². The van der Waals surface area contributed by atoms with Crippen LogP contribution in [0.4, 0.5) is 0 Å². The van der Waals surface area contributed by atoms with Crippen molar-refractivity contribution in [2.45, 2.75) is 6.61 Å². The minimum absolute atomic E-state index is 0.186. The van der Waals surface area contributed by atoms with Gasteiger partial charge >= 0.3 is 0 Å². The summed E-state index contributed by atoms with van der Waals surface area (Å²) in [6.45, 7) is 0.409. The number of thioether (sulfide) groups is 1. The molecule has 1 saturated heterocycles. The van der Waals surface area contributed by atoms with Gasteiger partial charge in [-0.1, -0.05) is 63.6 Å². The van der Waals surface area contributed by atoms with Crippen molar-refractivity contribution < 1.29 is 9.53 Å². The van der Waals surface area contributed by atoms with Crippen molar-refractivity contribution in [2.24, 2.45) is 0 Å². The number of thiocarbonyl (C=S) groups is 1. The van der Waals surface area contributed by atoms with E-state index in [-0.39, 0.29) is 5.91 Å². The summed E-state index contributed by atoms with van der Waals surface area (Å²) in [5.41, 5.74) is 1.82. The molecule has 1 aliphatic rings. The SMILES string of the molecule is O=C1NC(=S)S/C1=C/c1cc(Br)ccc1OCc1ccc(Cl)cc1. The van der Waals surface area contributed by atoms with Crippen molar-refractivity contribution in [1.29, 1.82) is 0 Å². The summed E-state index contributed by atoms with van der Waals surface area (Å²) in [6, 6.07) is 13.1. The van der Waals surface area contributed by atoms with Crippen molar-refractivity contribution in [3.8, 4) is 5.75 Å². The van der Waals surface area contributed by atoms with E-state index in [0.29, 0.717) is 26.6 Å². The molecule has 3 rings (SSSR count). The molecule has 0 spiro atoms. The molecule has 3 nitrogen and oxygen atoms in total. The first-order valence-corrected chi connectivity index (χ1v) is 9.32. The third-order valence-corrected chi connectivity index (χ3v) is 5.12. The molecule has 2 aromatic carbocycles. The van der Waals surface area contributed by atoms with Crippen LogP contribution in [0, 0.1) is 0 Å². The van der Waals surface area contributed by atoms with E-state index < -0.39 is 0 Å². The van der Waals surface area contributed by atoms with Crippen LogP contribution in [-0.4, -0.2) is 10.2 Å². The highest BCUT2D eigenvalue weighted by Gasteiger charge is 2.22. The maximum absolute atomic E-state index is 11.8. The molecule has 0 unspecified atom stereocenters. The van der Waals surface area contributed by atoms with Gasteiger partial charge in [-0.15, -0.1) is 0 Å². The van der Waals surface area contributed by atoms with Gasteiger partial charge in [-0.2, -0.15) is 0 Å².